The van der Waals surface area contributed by atoms with Gasteiger partial charge in [0.15, 0.2) is 0 Å². The Balaban J connectivity index is 0.000000174. The molecule has 0 spiro atoms. The summed E-state index contributed by atoms with van der Waals surface area (Å²) in [7, 11) is 0. The number of ether oxygens (including phenoxy) is 1. The number of benzene rings is 2. The number of halogens is 1. The van der Waals surface area contributed by atoms with Gasteiger partial charge in [-0.15, -0.1) is 0 Å². The van der Waals surface area contributed by atoms with Crippen molar-refractivity contribution in [1.82, 2.24) is 14.8 Å². The van der Waals surface area contributed by atoms with Crippen molar-refractivity contribution in [3.05, 3.63) is 60.0 Å². The first-order chi connectivity index (χ1) is 17.5. The van der Waals surface area contributed by atoms with Gasteiger partial charge in [0.25, 0.3) is 0 Å². The molecule has 2 aliphatic rings. The van der Waals surface area contributed by atoms with Crippen LogP contribution in [0.15, 0.2) is 48.5 Å². The molecule has 0 aliphatic carbocycles. The molecule has 194 valence electrons. The average molecular weight is 497 g/mol. The lowest BCUT2D eigenvalue weighted by Crippen LogP contribution is -2.43. The fraction of sp³-hybridized carbons (Fsp3) is 0.464. The van der Waals surface area contributed by atoms with Crippen molar-refractivity contribution >= 4 is 16.9 Å². The standard InChI is InChI=1S/C15H10FNO3.C13H27N3/c16-9-4-6-10(7-5-9)20-14-3-1-2-12-11(14)8-13(17-12)15(18)19;14-13-5-9-16(10-6-13)12-11-15-7-3-1-2-4-8-15/h1-8,17H,(H,18,19);13H,1-12,14H2. The molecule has 5 rings (SSSR count). The van der Waals surface area contributed by atoms with Crippen LogP contribution in [0.2, 0.25) is 0 Å². The first-order valence-electron chi connectivity index (χ1n) is 13.0. The molecule has 0 radical (unpaired) electrons. The van der Waals surface area contributed by atoms with E-state index in [4.69, 9.17) is 15.6 Å². The van der Waals surface area contributed by atoms with E-state index in [2.05, 4.69) is 14.8 Å². The van der Waals surface area contributed by atoms with Crippen molar-refractivity contribution in [1.29, 1.82) is 0 Å². The van der Waals surface area contributed by atoms with Crippen molar-refractivity contribution in [2.75, 3.05) is 39.3 Å². The molecule has 2 saturated heterocycles. The molecule has 4 N–H and O–H groups in total. The number of piperidine rings is 1. The molecular weight excluding hydrogens is 459 g/mol. The number of carbonyl (C=O) groups is 1. The Kier molecular flexibility index (Phi) is 9.33. The van der Waals surface area contributed by atoms with Gasteiger partial charge in [-0.1, -0.05) is 18.9 Å². The largest absolute Gasteiger partial charge is 0.477 e. The van der Waals surface area contributed by atoms with E-state index in [1.54, 1.807) is 18.2 Å². The summed E-state index contributed by atoms with van der Waals surface area (Å²) in [5.74, 6) is -0.380. The predicted molar refractivity (Wildman–Crippen MR) is 140 cm³/mol. The highest BCUT2D eigenvalue weighted by molar-refractivity contribution is 5.96. The molecular formula is C28H37FN4O3. The van der Waals surface area contributed by atoms with Crippen LogP contribution in [0, 0.1) is 5.82 Å². The summed E-state index contributed by atoms with van der Waals surface area (Å²) < 4.78 is 18.5. The van der Waals surface area contributed by atoms with Gasteiger partial charge in [-0.25, -0.2) is 9.18 Å². The second kappa shape index (κ2) is 12.9. The van der Waals surface area contributed by atoms with E-state index in [0.717, 1.165) is 0 Å². The zero-order valence-corrected chi connectivity index (χ0v) is 20.8. The van der Waals surface area contributed by atoms with Gasteiger partial charge in [-0.3, -0.25) is 0 Å². The first kappa shape index (κ1) is 26.1. The number of fused-ring (bicyclic) bond motifs is 1. The van der Waals surface area contributed by atoms with Crippen molar-refractivity contribution in [2.24, 2.45) is 5.73 Å². The Morgan fingerprint density at radius 3 is 2.25 bits per heavy atom. The number of nitrogens with one attached hydrogen (secondary N) is 1. The topological polar surface area (TPSA) is 94.8 Å². The van der Waals surface area contributed by atoms with E-state index < -0.39 is 5.97 Å². The molecule has 3 aromatic rings. The number of nitrogens with two attached hydrogens (primary N) is 1. The van der Waals surface area contributed by atoms with E-state index in [1.807, 2.05) is 0 Å². The number of aromatic amines is 1. The van der Waals surface area contributed by atoms with Crippen molar-refractivity contribution < 1.29 is 19.0 Å². The Labute approximate surface area is 212 Å². The molecule has 0 saturated carbocycles. The van der Waals surface area contributed by atoms with Crippen LogP contribution >= 0.6 is 0 Å². The van der Waals surface area contributed by atoms with Crippen molar-refractivity contribution in [3.63, 3.8) is 0 Å². The van der Waals surface area contributed by atoms with Crippen molar-refractivity contribution in [3.8, 4) is 11.5 Å². The molecule has 0 amide bonds. The zero-order valence-electron chi connectivity index (χ0n) is 20.8. The summed E-state index contributed by atoms with van der Waals surface area (Å²) in [5.41, 5.74) is 6.68. The summed E-state index contributed by atoms with van der Waals surface area (Å²) >= 11 is 0. The number of hydrogen-bond donors (Lipinski definition) is 3. The summed E-state index contributed by atoms with van der Waals surface area (Å²) in [5, 5.41) is 9.64. The number of hydrogen-bond acceptors (Lipinski definition) is 5. The molecule has 2 aliphatic heterocycles. The normalized spacial score (nSPS) is 17.8. The van der Waals surface area contributed by atoms with Crippen LogP contribution in [0.25, 0.3) is 10.9 Å². The van der Waals surface area contributed by atoms with Crippen LogP contribution in [-0.2, 0) is 0 Å². The van der Waals surface area contributed by atoms with Gasteiger partial charge >= 0.3 is 5.97 Å². The van der Waals surface area contributed by atoms with E-state index in [0.29, 0.717) is 28.4 Å². The molecule has 0 bridgehead atoms. The van der Waals surface area contributed by atoms with Gasteiger partial charge in [0.05, 0.1) is 0 Å². The van der Waals surface area contributed by atoms with Crippen LogP contribution in [0.1, 0.15) is 49.0 Å². The van der Waals surface area contributed by atoms with Crippen molar-refractivity contribution in [2.45, 2.75) is 44.6 Å². The van der Waals surface area contributed by atoms with Gasteiger partial charge in [-0.05, 0) is 94.3 Å². The molecule has 2 aromatic carbocycles. The number of H-pyrrole nitrogens is 1. The van der Waals surface area contributed by atoms with Crippen LogP contribution in [0.3, 0.4) is 0 Å². The SMILES string of the molecule is NC1CCN(CCN2CCCCCC2)CC1.O=C(O)c1cc2c(Oc3ccc(F)cc3)cccc2[nH]1. The fourth-order valence-corrected chi connectivity index (χ4v) is 4.78. The summed E-state index contributed by atoms with van der Waals surface area (Å²) in [4.78, 5) is 19.0. The van der Waals surface area contributed by atoms with Crippen LogP contribution in [0.4, 0.5) is 4.39 Å². The number of nitrogens with zero attached hydrogens (tertiary/aromatic N) is 2. The molecule has 0 unspecified atom stereocenters. The van der Waals surface area contributed by atoms with Crippen LogP contribution in [0.5, 0.6) is 11.5 Å². The molecule has 7 nitrogen and oxygen atoms in total. The highest BCUT2D eigenvalue weighted by Gasteiger charge is 2.17. The summed E-state index contributed by atoms with van der Waals surface area (Å²) in [6, 6.07) is 12.8. The Morgan fingerprint density at radius 1 is 0.972 bits per heavy atom. The van der Waals surface area contributed by atoms with Crippen LogP contribution < -0.4 is 10.5 Å². The second-order valence-corrected chi connectivity index (χ2v) is 9.70. The number of aromatic carboxylic acids is 1. The van der Waals surface area contributed by atoms with Gasteiger partial charge in [0, 0.05) is 30.0 Å². The van der Waals surface area contributed by atoms with E-state index in [9.17, 15) is 9.18 Å². The number of rotatable bonds is 6. The highest BCUT2D eigenvalue weighted by Crippen LogP contribution is 2.30. The van der Waals surface area contributed by atoms with Gasteiger partial charge < -0.3 is 30.4 Å². The minimum Gasteiger partial charge on any atom is -0.477 e. The van der Waals surface area contributed by atoms with E-state index in [-0.39, 0.29) is 11.5 Å². The lowest BCUT2D eigenvalue weighted by molar-refractivity contribution is 0.0691. The first-order valence-corrected chi connectivity index (χ1v) is 13.0. The lowest BCUT2D eigenvalue weighted by atomic mass is 10.1. The maximum atomic E-state index is 12.8. The summed E-state index contributed by atoms with van der Waals surface area (Å²) in [6.45, 7) is 7.62. The van der Waals surface area contributed by atoms with Crippen LogP contribution in [-0.4, -0.2) is 71.2 Å². The Morgan fingerprint density at radius 2 is 1.61 bits per heavy atom. The van der Waals surface area contributed by atoms with Gasteiger partial charge in [-0.2, -0.15) is 0 Å². The summed E-state index contributed by atoms with van der Waals surface area (Å²) in [6.07, 6.45) is 8.08. The monoisotopic (exact) mass is 496 g/mol. The minimum absolute atomic E-state index is 0.0927. The average Bonchev–Trinajstić information content (AvgIpc) is 3.16. The molecule has 8 heteroatoms. The van der Waals surface area contributed by atoms with E-state index in [1.165, 1.54) is 108 Å². The molecule has 36 heavy (non-hydrogen) atoms. The number of likely N-dealkylation sites (tertiary alicyclic amines) is 2. The third-order valence-electron chi connectivity index (χ3n) is 6.96. The van der Waals surface area contributed by atoms with Gasteiger partial charge in [0.2, 0.25) is 0 Å². The number of carboxylic acid groups (broad SMARTS) is 1. The fourth-order valence-electron chi connectivity index (χ4n) is 4.78. The predicted octanol–water partition coefficient (Wildman–Crippen LogP) is 5.08. The highest BCUT2D eigenvalue weighted by atomic mass is 19.1. The molecule has 1 aromatic heterocycles. The van der Waals surface area contributed by atoms with Gasteiger partial charge in [0.1, 0.15) is 23.0 Å². The Bertz CT molecular complexity index is 1100. The third kappa shape index (κ3) is 7.53. The zero-order chi connectivity index (χ0) is 25.3. The van der Waals surface area contributed by atoms with E-state index >= 15 is 0 Å². The third-order valence-corrected chi connectivity index (χ3v) is 6.96. The second-order valence-electron chi connectivity index (χ2n) is 9.70. The number of aromatic nitrogens is 1. The quantitative estimate of drug-likeness (QED) is 0.440. The Hall–Kier alpha value is -2.94. The maximum Gasteiger partial charge on any atom is 0.352 e. The minimum atomic E-state index is -1.03. The number of carboxylic acids is 1. The molecule has 3 heterocycles. The smallest absolute Gasteiger partial charge is 0.352 e. The molecule has 0 atom stereocenters. The lowest BCUT2D eigenvalue weighted by Gasteiger charge is -2.32. The maximum absolute atomic E-state index is 12.8. The molecule has 2 fully saturated rings.